The van der Waals surface area contributed by atoms with E-state index in [0.29, 0.717) is 40.4 Å². The summed E-state index contributed by atoms with van der Waals surface area (Å²) in [7, 11) is 1.59. The number of hydrogen-bond acceptors (Lipinski definition) is 4. The lowest BCUT2D eigenvalue weighted by atomic mass is 10.0. The van der Waals surface area contributed by atoms with Crippen LogP contribution >= 0.6 is 0 Å². The second kappa shape index (κ2) is 7.61. The quantitative estimate of drug-likeness (QED) is 0.473. The minimum atomic E-state index is -0.0853. The fourth-order valence-corrected chi connectivity index (χ4v) is 3.28. The van der Waals surface area contributed by atoms with Gasteiger partial charge in [-0.1, -0.05) is 48.5 Å². The van der Waals surface area contributed by atoms with Crippen molar-refractivity contribution in [3.8, 4) is 22.6 Å². The van der Waals surface area contributed by atoms with Crippen LogP contribution in [0.4, 0.5) is 0 Å². The average Bonchev–Trinajstić information content (AvgIpc) is 2.73. The van der Waals surface area contributed by atoms with Crippen LogP contribution in [0.15, 0.2) is 82.0 Å². The Morgan fingerprint density at radius 2 is 1.68 bits per heavy atom. The van der Waals surface area contributed by atoms with Gasteiger partial charge < -0.3 is 13.9 Å². The molecule has 1 aromatic heterocycles. The standard InChI is InChI=1S/C24H20O4/c1-16-23(19-10-6-7-11-21(19)26-2)24(25)20-13-12-18(14-22(20)28-16)27-15-17-8-4-3-5-9-17/h3-14H,15H2,1-2H3. The first-order chi connectivity index (χ1) is 13.7. The molecule has 4 rings (SSSR count). The number of fused-ring (bicyclic) bond motifs is 1. The van der Waals surface area contributed by atoms with Crippen molar-refractivity contribution < 1.29 is 13.9 Å². The molecule has 0 aliphatic carbocycles. The van der Waals surface area contributed by atoms with Gasteiger partial charge >= 0.3 is 0 Å². The fourth-order valence-electron chi connectivity index (χ4n) is 3.28. The molecule has 3 aromatic carbocycles. The van der Waals surface area contributed by atoms with Crippen molar-refractivity contribution >= 4 is 11.0 Å². The van der Waals surface area contributed by atoms with Crippen molar-refractivity contribution in [3.63, 3.8) is 0 Å². The highest BCUT2D eigenvalue weighted by atomic mass is 16.5. The molecular weight excluding hydrogens is 352 g/mol. The molecule has 4 aromatic rings. The van der Waals surface area contributed by atoms with Crippen LogP contribution in [0.5, 0.6) is 11.5 Å². The van der Waals surface area contributed by atoms with Crippen LogP contribution in [-0.4, -0.2) is 7.11 Å². The Bertz CT molecular complexity index is 1180. The zero-order valence-corrected chi connectivity index (χ0v) is 15.8. The van der Waals surface area contributed by atoms with Gasteiger partial charge in [-0.05, 0) is 30.7 Å². The van der Waals surface area contributed by atoms with Crippen molar-refractivity contribution in [2.75, 3.05) is 7.11 Å². The van der Waals surface area contributed by atoms with E-state index in [1.807, 2.05) is 54.6 Å². The van der Waals surface area contributed by atoms with Crippen LogP contribution in [0.25, 0.3) is 22.1 Å². The van der Waals surface area contributed by atoms with E-state index in [9.17, 15) is 4.79 Å². The van der Waals surface area contributed by atoms with Gasteiger partial charge in [0.25, 0.3) is 0 Å². The molecule has 4 nitrogen and oxygen atoms in total. The Hall–Kier alpha value is -3.53. The summed E-state index contributed by atoms with van der Waals surface area (Å²) in [6.45, 7) is 2.25. The minimum absolute atomic E-state index is 0.0853. The molecule has 28 heavy (non-hydrogen) atoms. The average molecular weight is 372 g/mol. The number of methoxy groups -OCH3 is 1. The van der Waals surface area contributed by atoms with Gasteiger partial charge in [0.2, 0.25) is 5.43 Å². The van der Waals surface area contributed by atoms with Crippen LogP contribution in [-0.2, 0) is 6.61 Å². The largest absolute Gasteiger partial charge is 0.496 e. The van der Waals surface area contributed by atoms with Crippen molar-refractivity contribution in [1.29, 1.82) is 0 Å². The number of hydrogen-bond donors (Lipinski definition) is 0. The first-order valence-electron chi connectivity index (χ1n) is 9.05. The Balaban J connectivity index is 1.73. The molecule has 4 heteroatoms. The van der Waals surface area contributed by atoms with E-state index in [1.54, 1.807) is 32.2 Å². The van der Waals surface area contributed by atoms with Crippen molar-refractivity contribution in [2.24, 2.45) is 0 Å². The summed E-state index contributed by atoms with van der Waals surface area (Å²) in [6.07, 6.45) is 0. The van der Waals surface area contributed by atoms with E-state index in [4.69, 9.17) is 13.9 Å². The highest BCUT2D eigenvalue weighted by Gasteiger charge is 2.17. The molecule has 0 unspecified atom stereocenters. The maximum Gasteiger partial charge on any atom is 0.200 e. The lowest BCUT2D eigenvalue weighted by Crippen LogP contribution is -2.08. The Kier molecular flexibility index (Phi) is 4.85. The van der Waals surface area contributed by atoms with E-state index < -0.39 is 0 Å². The molecule has 0 spiro atoms. The van der Waals surface area contributed by atoms with Crippen molar-refractivity contribution in [1.82, 2.24) is 0 Å². The summed E-state index contributed by atoms with van der Waals surface area (Å²) >= 11 is 0. The third-order valence-electron chi connectivity index (χ3n) is 4.66. The van der Waals surface area contributed by atoms with Gasteiger partial charge in [0.1, 0.15) is 29.4 Å². The molecule has 0 atom stereocenters. The summed E-state index contributed by atoms with van der Waals surface area (Å²) in [5.41, 5.74) is 2.74. The predicted octanol–water partition coefficient (Wildman–Crippen LogP) is 5.36. The molecule has 1 heterocycles. The Labute approximate surface area is 163 Å². The van der Waals surface area contributed by atoms with Crippen LogP contribution < -0.4 is 14.9 Å². The Morgan fingerprint density at radius 3 is 2.46 bits per heavy atom. The van der Waals surface area contributed by atoms with E-state index in [0.717, 1.165) is 11.1 Å². The van der Waals surface area contributed by atoms with E-state index in [1.165, 1.54) is 0 Å². The molecule has 0 bridgehead atoms. The first kappa shape index (κ1) is 17.9. The smallest absolute Gasteiger partial charge is 0.200 e. The number of benzene rings is 3. The lowest BCUT2D eigenvalue weighted by Gasteiger charge is -2.12. The van der Waals surface area contributed by atoms with Gasteiger partial charge in [0, 0.05) is 11.6 Å². The fraction of sp³-hybridized carbons (Fsp3) is 0.125. The summed E-state index contributed by atoms with van der Waals surface area (Å²) in [5, 5.41) is 0.513. The number of ether oxygens (including phenoxy) is 2. The zero-order chi connectivity index (χ0) is 19.5. The Morgan fingerprint density at radius 1 is 0.929 bits per heavy atom. The predicted molar refractivity (Wildman–Crippen MR) is 110 cm³/mol. The van der Waals surface area contributed by atoms with Gasteiger partial charge in [-0.2, -0.15) is 0 Å². The molecular formula is C24H20O4. The van der Waals surface area contributed by atoms with Gasteiger partial charge in [0.05, 0.1) is 18.1 Å². The third kappa shape index (κ3) is 3.37. The summed E-state index contributed by atoms with van der Waals surface area (Å²) < 4.78 is 17.2. The number of para-hydroxylation sites is 1. The van der Waals surface area contributed by atoms with E-state index in [-0.39, 0.29) is 5.43 Å². The second-order valence-electron chi connectivity index (χ2n) is 6.49. The molecule has 0 aliphatic heterocycles. The summed E-state index contributed by atoms with van der Waals surface area (Å²) in [5.74, 6) is 1.84. The normalized spacial score (nSPS) is 10.8. The monoisotopic (exact) mass is 372 g/mol. The molecule has 0 N–H and O–H groups in total. The molecule has 0 amide bonds. The topological polar surface area (TPSA) is 48.7 Å². The molecule has 0 saturated heterocycles. The lowest BCUT2D eigenvalue weighted by molar-refractivity contribution is 0.306. The molecule has 140 valence electrons. The van der Waals surface area contributed by atoms with E-state index in [2.05, 4.69) is 0 Å². The minimum Gasteiger partial charge on any atom is -0.496 e. The van der Waals surface area contributed by atoms with Gasteiger partial charge in [-0.15, -0.1) is 0 Å². The summed E-state index contributed by atoms with van der Waals surface area (Å²) in [6, 6.07) is 22.7. The second-order valence-corrected chi connectivity index (χ2v) is 6.49. The van der Waals surface area contributed by atoms with Crippen LogP contribution in [0.2, 0.25) is 0 Å². The SMILES string of the molecule is COc1ccccc1-c1c(C)oc2cc(OCc3ccccc3)ccc2c1=O. The van der Waals surface area contributed by atoms with Crippen LogP contribution in [0, 0.1) is 6.92 Å². The molecule has 0 radical (unpaired) electrons. The van der Waals surface area contributed by atoms with Gasteiger partial charge in [-0.3, -0.25) is 4.79 Å². The molecule has 0 aliphatic rings. The number of aryl methyl sites for hydroxylation is 1. The van der Waals surface area contributed by atoms with Crippen molar-refractivity contribution in [3.05, 3.63) is 94.3 Å². The number of rotatable bonds is 5. The highest BCUT2D eigenvalue weighted by molar-refractivity contribution is 5.85. The van der Waals surface area contributed by atoms with Gasteiger partial charge in [0.15, 0.2) is 0 Å². The van der Waals surface area contributed by atoms with Crippen molar-refractivity contribution in [2.45, 2.75) is 13.5 Å². The highest BCUT2D eigenvalue weighted by Crippen LogP contribution is 2.32. The molecule has 0 fully saturated rings. The van der Waals surface area contributed by atoms with Gasteiger partial charge in [-0.25, -0.2) is 0 Å². The summed E-state index contributed by atoms with van der Waals surface area (Å²) in [4.78, 5) is 13.2. The maximum atomic E-state index is 13.2. The zero-order valence-electron chi connectivity index (χ0n) is 15.8. The first-order valence-corrected chi connectivity index (χ1v) is 9.05. The van der Waals surface area contributed by atoms with Crippen LogP contribution in [0.3, 0.4) is 0 Å². The van der Waals surface area contributed by atoms with Crippen LogP contribution in [0.1, 0.15) is 11.3 Å². The molecule has 0 saturated carbocycles. The van der Waals surface area contributed by atoms with E-state index >= 15 is 0 Å². The maximum absolute atomic E-state index is 13.2. The third-order valence-corrected chi connectivity index (χ3v) is 4.66.